The summed E-state index contributed by atoms with van der Waals surface area (Å²) in [6.07, 6.45) is 1.04. The van der Waals surface area contributed by atoms with Crippen molar-refractivity contribution < 1.29 is 17.6 Å². The number of hydrogen-bond donors (Lipinski definition) is 2. The average Bonchev–Trinajstić information content (AvgIpc) is 3.15. The Kier molecular flexibility index (Phi) is 5.37. The largest absolute Gasteiger partial charge is 0.455 e. The zero-order valence-electron chi connectivity index (χ0n) is 16.6. The van der Waals surface area contributed by atoms with Gasteiger partial charge in [0.2, 0.25) is 10.0 Å². The number of benzene rings is 1. The topological polar surface area (TPSA) is 94.9 Å². The van der Waals surface area contributed by atoms with E-state index in [1.165, 1.54) is 0 Å². The van der Waals surface area contributed by atoms with Crippen molar-refractivity contribution in [3.8, 4) is 0 Å². The maximum Gasteiger partial charge on any atom is 0.289 e. The lowest BCUT2D eigenvalue weighted by Gasteiger charge is -2.38. The first-order chi connectivity index (χ1) is 13.8. The van der Waals surface area contributed by atoms with Crippen LogP contribution in [0.2, 0.25) is 0 Å². The molecule has 156 valence electrons. The molecule has 2 aromatic rings. The Labute approximate surface area is 170 Å². The minimum absolute atomic E-state index is 0.100. The van der Waals surface area contributed by atoms with Gasteiger partial charge in [0.15, 0.2) is 5.76 Å². The highest BCUT2D eigenvalue weighted by Crippen LogP contribution is 2.31. The molecule has 9 heteroatoms. The van der Waals surface area contributed by atoms with Crippen LogP contribution in [-0.2, 0) is 16.6 Å². The van der Waals surface area contributed by atoms with Gasteiger partial charge >= 0.3 is 0 Å². The molecule has 1 saturated heterocycles. The maximum absolute atomic E-state index is 12.7. The van der Waals surface area contributed by atoms with Crippen molar-refractivity contribution in [1.82, 2.24) is 14.5 Å². The zero-order valence-corrected chi connectivity index (χ0v) is 17.4. The monoisotopic (exact) mass is 418 g/mol. The van der Waals surface area contributed by atoms with Gasteiger partial charge in [-0.1, -0.05) is 12.1 Å². The van der Waals surface area contributed by atoms with Gasteiger partial charge in [0, 0.05) is 13.1 Å². The first kappa shape index (κ1) is 19.9. The quantitative estimate of drug-likeness (QED) is 0.788. The third kappa shape index (κ3) is 4.17. The molecular formula is C20H26N4O4S. The number of likely N-dealkylation sites (tertiary alicyclic amines) is 1. The molecule has 2 aliphatic heterocycles. The molecule has 1 aromatic carbocycles. The number of hydrogen-bond acceptors (Lipinski definition) is 6. The van der Waals surface area contributed by atoms with Gasteiger partial charge in [-0.2, -0.15) is 4.72 Å². The molecule has 0 saturated carbocycles. The molecule has 8 nitrogen and oxygen atoms in total. The van der Waals surface area contributed by atoms with Gasteiger partial charge in [-0.05, 0) is 57.1 Å². The van der Waals surface area contributed by atoms with Gasteiger partial charge < -0.3 is 19.5 Å². The van der Waals surface area contributed by atoms with E-state index in [1.54, 1.807) is 29.2 Å². The minimum atomic E-state index is -3.53. The Bertz CT molecular complexity index is 993. The molecule has 0 bridgehead atoms. The van der Waals surface area contributed by atoms with E-state index in [9.17, 15) is 13.2 Å². The van der Waals surface area contributed by atoms with Crippen LogP contribution < -0.4 is 10.0 Å². The van der Waals surface area contributed by atoms with E-state index < -0.39 is 10.0 Å². The number of fused-ring (bicyclic) bond motifs is 1. The number of carbonyl (C=O) groups excluding carboxylic acids is 1. The molecule has 4 rings (SSSR count). The molecule has 2 N–H and O–H groups in total. The van der Waals surface area contributed by atoms with E-state index in [0.717, 1.165) is 5.76 Å². The lowest BCUT2D eigenvalue weighted by molar-refractivity contribution is 0.0644. The summed E-state index contributed by atoms with van der Waals surface area (Å²) in [5, 5.41) is 3.30. The van der Waals surface area contributed by atoms with Gasteiger partial charge in [0.25, 0.3) is 5.91 Å². The highest BCUT2D eigenvalue weighted by atomic mass is 32.2. The number of anilines is 1. The number of para-hydroxylation sites is 1. The number of nitrogens with zero attached hydrogens (tertiary/aromatic N) is 2. The van der Waals surface area contributed by atoms with Crippen LogP contribution in [0.1, 0.15) is 29.2 Å². The van der Waals surface area contributed by atoms with Gasteiger partial charge in [-0.15, -0.1) is 0 Å². The first-order valence-electron chi connectivity index (χ1n) is 9.74. The summed E-state index contributed by atoms with van der Waals surface area (Å²) in [5.41, 5.74) is 0.624. The molecule has 0 radical (unpaired) electrons. The lowest BCUT2D eigenvalue weighted by atomic mass is 9.93. The summed E-state index contributed by atoms with van der Waals surface area (Å²) in [6.45, 7) is 1.77. The number of furan rings is 1. The molecule has 0 spiro atoms. The van der Waals surface area contributed by atoms with Crippen molar-refractivity contribution in [2.24, 2.45) is 5.92 Å². The normalized spacial score (nSPS) is 21.6. The van der Waals surface area contributed by atoms with Gasteiger partial charge in [0.1, 0.15) is 10.7 Å². The Hall–Kier alpha value is -2.36. The SMILES string of the molecule is CN(C)Cc1ccc(C(=O)N2CCC(C3Nc4ccccc4S(=O)(=O)N3)CC2)o1. The second-order valence-electron chi connectivity index (χ2n) is 7.87. The van der Waals surface area contributed by atoms with Gasteiger partial charge in [-0.3, -0.25) is 4.79 Å². The van der Waals surface area contributed by atoms with Crippen molar-refractivity contribution in [1.29, 1.82) is 0 Å². The summed E-state index contributed by atoms with van der Waals surface area (Å²) < 4.78 is 33.5. The lowest BCUT2D eigenvalue weighted by Crippen LogP contribution is -2.52. The van der Waals surface area contributed by atoms with E-state index >= 15 is 0 Å². The fourth-order valence-electron chi connectivity index (χ4n) is 3.94. The van der Waals surface area contributed by atoms with E-state index in [-0.39, 0.29) is 22.9 Å². The highest BCUT2D eigenvalue weighted by molar-refractivity contribution is 7.89. The Balaban J connectivity index is 1.39. The number of carbonyl (C=O) groups is 1. The third-order valence-electron chi connectivity index (χ3n) is 5.41. The number of rotatable bonds is 4. The molecule has 1 amide bonds. The average molecular weight is 419 g/mol. The molecule has 0 aliphatic carbocycles. The van der Waals surface area contributed by atoms with Gasteiger partial charge in [-0.25, -0.2) is 8.42 Å². The van der Waals surface area contributed by atoms with Crippen LogP contribution in [0.15, 0.2) is 45.7 Å². The highest BCUT2D eigenvalue weighted by Gasteiger charge is 2.36. The summed E-state index contributed by atoms with van der Waals surface area (Å²) in [7, 11) is 0.358. The smallest absolute Gasteiger partial charge is 0.289 e. The predicted molar refractivity (Wildman–Crippen MR) is 109 cm³/mol. The van der Waals surface area contributed by atoms with Crippen molar-refractivity contribution in [3.05, 3.63) is 47.9 Å². The molecule has 1 aromatic heterocycles. The van der Waals surface area contributed by atoms with Crippen molar-refractivity contribution >= 4 is 21.6 Å². The fraction of sp³-hybridized carbons (Fsp3) is 0.450. The first-order valence-corrected chi connectivity index (χ1v) is 11.2. The minimum Gasteiger partial charge on any atom is -0.455 e. The number of nitrogens with one attached hydrogen (secondary N) is 2. The number of piperidine rings is 1. The summed E-state index contributed by atoms with van der Waals surface area (Å²) in [4.78, 5) is 16.8. The molecule has 2 aliphatic rings. The summed E-state index contributed by atoms with van der Waals surface area (Å²) in [6, 6.07) is 10.5. The number of amides is 1. The molecule has 3 heterocycles. The Morgan fingerprint density at radius 3 is 2.62 bits per heavy atom. The Morgan fingerprint density at radius 1 is 1.17 bits per heavy atom. The molecule has 1 atom stereocenters. The second-order valence-corrected chi connectivity index (χ2v) is 9.56. The van der Waals surface area contributed by atoms with Crippen molar-refractivity contribution in [2.45, 2.75) is 30.4 Å². The second kappa shape index (κ2) is 7.81. The standard InChI is InChI=1S/C20H26N4O4S/c1-23(2)13-15-7-8-17(28-15)20(25)24-11-9-14(10-12-24)19-21-16-5-3-4-6-18(16)29(26,27)22-19/h3-8,14,19,21-22H,9-13H2,1-2H3. The predicted octanol–water partition coefficient (Wildman–Crippen LogP) is 1.92. The van der Waals surface area contributed by atoms with Crippen molar-refractivity contribution in [3.63, 3.8) is 0 Å². The molecule has 1 unspecified atom stereocenters. The van der Waals surface area contributed by atoms with Crippen LogP contribution in [0.3, 0.4) is 0 Å². The van der Waals surface area contributed by atoms with Crippen LogP contribution in [0.25, 0.3) is 0 Å². The summed E-state index contributed by atoms with van der Waals surface area (Å²) in [5.74, 6) is 1.09. The van der Waals surface area contributed by atoms with Crippen LogP contribution in [0.5, 0.6) is 0 Å². The van der Waals surface area contributed by atoms with E-state index in [1.807, 2.05) is 31.1 Å². The van der Waals surface area contributed by atoms with Crippen LogP contribution >= 0.6 is 0 Å². The summed E-state index contributed by atoms with van der Waals surface area (Å²) >= 11 is 0. The van der Waals surface area contributed by atoms with E-state index in [0.29, 0.717) is 43.9 Å². The van der Waals surface area contributed by atoms with Crippen LogP contribution in [0.4, 0.5) is 5.69 Å². The number of sulfonamides is 1. The van der Waals surface area contributed by atoms with Gasteiger partial charge in [0.05, 0.1) is 18.4 Å². The molecule has 1 fully saturated rings. The van der Waals surface area contributed by atoms with E-state index in [2.05, 4.69) is 10.0 Å². The van der Waals surface area contributed by atoms with E-state index in [4.69, 9.17) is 4.42 Å². The maximum atomic E-state index is 12.7. The Morgan fingerprint density at radius 2 is 1.90 bits per heavy atom. The van der Waals surface area contributed by atoms with Crippen LogP contribution in [-0.4, -0.2) is 57.5 Å². The molecular weight excluding hydrogens is 392 g/mol. The van der Waals surface area contributed by atoms with Crippen molar-refractivity contribution in [2.75, 3.05) is 32.5 Å². The molecule has 29 heavy (non-hydrogen) atoms. The fourth-order valence-corrected chi connectivity index (χ4v) is 5.33. The third-order valence-corrected chi connectivity index (χ3v) is 6.91. The zero-order chi connectivity index (χ0) is 20.6. The van der Waals surface area contributed by atoms with Crippen LogP contribution in [0, 0.1) is 5.92 Å².